The van der Waals surface area contributed by atoms with Crippen LogP contribution in [0.15, 0.2) is 23.1 Å². The van der Waals surface area contributed by atoms with Gasteiger partial charge in [-0.25, -0.2) is 12.8 Å². The van der Waals surface area contributed by atoms with Crippen LogP contribution in [0.2, 0.25) is 5.02 Å². The molecule has 1 aliphatic heterocycles. The summed E-state index contributed by atoms with van der Waals surface area (Å²) >= 11 is 5.63. The summed E-state index contributed by atoms with van der Waals surface area (Å²) in [5.41, 5.74) is 0. The van der Waals surface area contributed by atoms with E-state index < -0.39 is 15.8 Å². The van der Waals surface area contributed by atoms with Gasteiger partial charge in [-0.15, -0.1) is 0 Å². The standard InChI is InChI=1S/C13H16ClFN2O3S/c1-16-13(18)9-4-6-17(7-5-9)21(19,20)10-2-3-12(15)11(14)8-10/h2-3,8-9H,4-7H2,1H3,(H,16,18). The smallest absolute Gasteiger partial charge is 0.243 e. The first kappa shape index (κ1) is 16.2. The Bertz CT molecular complexity index is 643. The highest BCUT2D eigenvalue weighted by molar-refractivity contribution is 7.89. The van der Waals surface area contributed by atoms with E-state index in [-0.39, 0.29) is 34.8 Å². The van der Waals surface area contributed by atoms with Gasteiger partial charge in [0.15, 0.2) is 0 Å². The van der Waals surface area contributed by atoms with Gasteiger partial charge < -0.3 is 5.32 Å². The van der Waals surface area contributed by atoms with Crippen molar-refractivity contribution < 1.29 is 17.6 Å². The van der Waals surface area contributed by atoms with E-state index in [1.165, 1.54) is 10.4 Å². The Labute approximate surface area is 128 Å². The Morgan fingerprint density at radius 1 is 1.38 bits per heavy atom. The molecule has 0 aliphatic carbocycles. The van der Waals surface area contributed by atoms with Crippen LogP contribution in [0, 0.1) is 11.7 Å². The topological polar surface area (TPSA) is 66.5 Å². The highest BCUT2D eigenvalue weighted by Gasteiger charge is 2.32. The molecule has 0 saturated carbocycles. The van der Waals surface area contributed by atoms with Crippen molar-refractivity contribution in [3.8, 4) is 0 Å². The lowest BCUT2D eigenvalue weighted by Crippen LogP contribution is -2.42. The molecule has 0 bridgehead atoms. The minimum atomic E-state index is -3.71. The fraction of sp³-hybridized carbons (Fsp3) is 0.462. The largest absolute Gasteiger partial charge is 0.359 e. The van der Waals surface area contributed by atoms with E-state index in [1.807, 2.05) is 0 Å². The van der Waals surface area contributed by atoms with Crippen molar-refractivity contribution in [2.45, 2.75) is 17.7 Å². The van der Waals surface area contributed by atoms with E-state index in [0.717, 1.165) is 12.1 Å². The van der Waals surface area contributed by atoms with Crippen LogP contribution in [0.25, 0.3) is 0 Å². The minimum absolute atomic E-state index is 0.0349. The fourth-order valence-electron chi connectivity index (χ4n) is 2.35. The van der Waals surface area contributed by atoms with Crippen LogP contribution in [-0.2, 0) is 14.8 Å². The molecule has 1 saturated heterocycles. The zero-order valence-corrected chi connectivity index (χ0v) is 13.0. The quantitative estimate of drug-likeness (QED) is 0.913. The van der Waals surface area contributed by atoms with Crippen molar-refractivity contribution in [2.24, 2.45) is 5.92 Å². The van der Waals surface area contributed by atoms with Crippen LogP contribution >= 0.6 is 11.6 Å². The molecular weight excluding hydrogens is 319 g/mol. The molecule has 1 fully saturated rings. The molecule has 0 radical (unpaired) electrons. The zero-order chi connectivity index (χ0) is 15.6. The third-order valence-electron chi connectivity index (χ3n) is 3.60. The van der Waals surface area contributed by atoms with Crippen LogP contribution in [0.1, 0.15) is 12.8 Å². The molecule has 0 spiro atoms. The summed E-state index contributed by atoms with van der Waals surface area (Å²) in [4.78, 5) is 11.5. The van der Waals surface area contributed by atoms with Crippen molar-refractivity contribution in [3.63, 3.8) is 0 Å². The van der Waals surface area contributed by atoms with Gasteiger partial charge in [0.05, 0.1) is 9.92 Å². The number of amides is 1. The Morgan fingerprint density at radius 3 is 2.52 bits per heavy atom. The second-order valence-corrected chi connectivity index (χ2v) is 7.21. The maximum absolute atomic E-state index is 13.1. The number of nitrogens with one attached hydrogen (secondary N) is 1. The Balaban J connectivity index is 2.14. The van der Waals surface area contributed by atoms with Crippen molar-refractivity contribution in [3.05, 3.63) is 29.0 Å². The Hall–Kier alpha value is -1.18. The van der Waals surface area contributed by atoms with Gasteiger partial charge in [0.2, 0.25) is 15.9 Å². The predicted molar refractivity (Wildman–Crippen MR) is 77.0 cm³/mol. The number of sulfonamides is 1. The number of nitrogens with zero attached hydrogens (tertiary/aromatic N) is 1. The number of halogens is 2. The lowest BCUT2D eigenvalue weighted by Gasteiger charge is -2.30. The first-order valence-corrected chi connectivity index (χ1v) is 8.35. The van der Waals surface area contributed by atoms with Gasteiger partial charge >= 0.3 is 0 Å². The molecule has 1 aromatic rings. The summed E-state index contributed by atoms with van der Waals surface area (Å²) in [7, 11) is -2.15. The maximum Gasteiger partial charge on any atom is 0.243 e. The number of carbonyl (C=O) groups excluding carboxylic acids is 1. The van der Waals surface area contributed by atoms with E-state index >= 15 is 0 Å². The summed E-state index contributed by atoms with van der Waals surface area (Å²) in [5.74, 6) is -0.899. The summed E-state index contributed by atoms with van der Waals surface area (Å²) in [5, 5.41) is 2.34. The van der Waals surface area contributed by atoms with Crippen molar-refractivity contribution in [1.82, 2.24) is 9.62 Å². The van der Waals surface area contributed by atoms with Crippen LogP contribution in [0.3, 0.4) is 0 Å². The molecule has 0 aromatic heterocycles. The van der Waals surface area contributed by atoms with Crippen LogP contribution in [0.4, 0.5) is 4.39 Å². The lowest BCUT2D eigenvalue weighted by atomic mass is 9.97. The van der Waals surface area contributed by atoms with Gasteiger partial charge in [-0.3, -0.25) is 4.79 Å². The Morgan fingerprint density at radius 2 is 2.00 bits per heavy atom. The lowest BCUT2D eigenvalue weighted by molar-refractivity contribution is -0.125. The highest BCUT2D eigenvalue weighted by atomic mass is 35.5. The van der Waals surface area contributed by atoms with Crippen molar-refractivity contribution in [2.75, 3.05) is 20.1 Å². The number of carbonyl (C=O) groups is 1. The van der Waals surface area contributed by atoms with E-state index in [2.05, 4.69) is 5.32 Å². The van der Waals surface area contributed by atoms with E-state index in [9.17, 15) is 17.6 Å². The van der Waals surface area contributed by atoms with E-state index in [1.54, 1.807) is 7.05 Å². The second kappa shape index (κ2) is 6.29. The number of benzene rings is 1. The molecule has 8 heteroatoms. The van der Waals surface area contributed by atoms with Gasteiger partial charge in [-0.2, -0.15) is 4.31 Å². The molecule has 1 N–H and O–H groups in total. The molecule has 1 heterocycles. The van der Waals surface area contributed by atoms with Gasteiger partial charge in [-0.05, 0) is 31.0 Å². The third-order valence-corrected chi connectivity index (χ3v) is 5.78. The first-order chi connectivity index (χ1) is 9.86. The van der Waals surface area contributed by atoms with Gasteiger partial charge in [0, 0.05) is 26.1 Å². The molecule has 2 rings (SSSR count). The first-order valence-electron chi connectivity index (χ1n) is 6.53. The minimum Gasteiger partial charge on any atom is -0.359 e. The summed E-state index contributed by atoms with van der Waals surface area (Å²) in [6.07, 6.45) is 0.932. The molecule has 5 nitrogen and oxygen atoms in total. The number of rotatable bonds is 3. The van der Waals surface area contributed by atoms with Gasteiger partial charge in [-0.1, -0.05) is 11.6 Å². The zero-order valence-electron chi connectivity index (χ0n) is 11.5. The van der Waals surface area contributed by atoms with Crippen LogP contribution in [-0.4, -0.2) is 38.8 Å². The van der Waals surface area contributed by atoms with Gasteiger partial charge in [0.25, 0.3) is 0 Å². The average Bonchev–Trinajstić information content (AvgIpc) is 2.49. The molecule has 0 unspecified atom stereocenters. The van der Waals surface area contributed by atoms with E-state index in [4.69, 9.17) is 11.6 Å². The molecule has 0 atom stereocenters. The SMILES string of the molecule is CNC(=O)C1CCN(S(=O)(=O)c2ccc(F)c(Cl)c2)CC1. The maximum atomic E-state index is 13.1. The Kier molecular flexibility index (Phi) is 4.85. The molecular formula is C13H16ClFN2O3S. The van der Waals surface area contributed by atoms with E-state index in [0.29, 0.717) is 12.8 Å². The monoisotopic (exact) mass is 334 g/mol. The molecule has 1 amide bonds. The summed E-state index contributed by atoms with van der Waals surface area (Å²) < 4.78 is 39.3. The summed E-state index contributed by atoms with van der Waals surface area (Å²) in [6, 6.07) is 3.34. The molecule has 21 heavy (non-hydrogen) atoms. The normalized spacial score (nSPS) is 17.7. The second-order valence-electron chi connectivity index (χ2n) is 4.87. The predicted octanol–water partition coefficient (Wildman–Crippen LogP) is 1.63. The van der Waals surface area contributed by atoms with Gasteiger partial charge in [0.1, 0.15) is 5.82 Å². The van der Waals surface area contributed by atoms with Crippen molar-refractivity contribution in [1.29, 1.82) is 0 Å². The highest BCUT2D eigenvalue weighted by Crippen LogP contribution is 2.26. The summed E-state index contributed by atoms with van der Waals surface area (Å²) in [6.45, 7) is 0.519. The fourth-order valence-corrected chi connectivity index (χ4v) is 4.09. The number of hydrogen-bond donors (Lipinski definition) is 1. The molecule has 1 aliphatic rings. The number of piperidine rings is 1. The molecule has 1 aromatic carbocycles. The van der Waals surface area contributed by atoms with Crippen LogP contribution < -0.4 is 5.32 Å². The molecule has 116 valence electrons. The average molecular weight is 335 g/mol. The van der Waals surface area contributed by atoms with Crippen LogP contribution in [0.5, 0.6) is 0 Å². The van der Waals surface area contributed by atoms with Crippen molar-refractivity contribution >= 4 is 27.5 Å². The number of hydrogen-bond acceptors (Lipinski definition) is 3. The third kappa shape index (κ3) is 3.36.